The van der Waals surface area contributed by atoms with Gasteiger partial charge in [-0.15, -0.1) is 0 Å². The molecule has 17 heteroatoms. The van der Waals surface area contributed by atoms with Gasteiger partial charge in [0.1, 0.15) is 38.2 Å². The van der Waals surface area contributed by atoms with E-state index in [1.165, 1.54) is 18.4 Å². The van der Waals surface area contributed by atoms with Crippen LogP contribution in [0.2, 0.25) is 0 Å². The number of alkyl halides is 5. The van der Waals surface area contributed by atoms with E-state index in [1.54, 1.807) is 35.2 Å². The van der Waals surface area contributed by atoms with Crippen LogP contribution in [-0.4, -0.2) is 71.1 Å². The first kappa shape index (κ1) is 40.4. The van der Waals surface area contributed by atoms with Crippen molar-refractivity contribution in [1.82, 2.24) is 20.2 Å². The number of aliphatic carboxylic acids is 1. The third-order valence-corrected chi connectivity index (χ3v) is 13.0. The van der Waals surface area contributed by atoms with Gasteiger partial charge in [-0.2, -0.15) is 22.0 Å². The van der Waals surface area contributed by atoms with Crippen molar-refractivity contribution in [3.8, 4) is 39.8 Å². The minimum Gasteiger partial charge on any atom is -0.480 e. The van der Waals surface area contributed by atoms with E-state index in [0.717, 1.165) is 22.8 Å². The lowest BCUT2D eigenvalue weighted by Gasteiger charge is -2.34. The predicted octanol–water partition coefficient (Wildman–Crippen LogP) is 8.92. The monoisotopic (exact) mass is 838 g/mol. The van der Waals surface area contributed by atoms with Crippen molar-refractivity contribution in [1.29, 1.82) is 0 Å². The molecule has 1 aliphatic carbocycles. The summed E-state index contributed by atoms with van der Waals surface area (Å²) < 4.78 is 111. The summed E-state index contributed by atoms with van der Waals surface area (Å²) in [6.07, 6.45) is -1.67. The number of rotatable bonds is 12. The minimum absolute atomic E-state index is 0.000986. The maximum Gasteiger partial charge on any atom is 0.420 e. The highest BCUT2D eigenvalue weighted by atomic mass is 32.2. The van der Waals surface area contributed by atoms with E-state index in [4.69, 9.17) is 13.6 Å². The van der Waals surface area contributed by atoms with Crippen LogP contribution in [0.15, 0.2) is 69.5 Å². The first-order valence-electron chi connectivity index (χ1n) is 18.9. The number of halogens is 5. The molecule has 59 heavy (non-hydrogen) atoms. The average molecular weight is 839 g/mol. The molecule has 1 aliphatic heterocycles. The second-order valence-corrected chi connectivity index (χ2v) is 17.6. The molecular weight excluding hydrogens is 800 g/mol. The number of nitrogens with zero attached hydrogens (tertiary/aromatic N) is 3. The number of ether oxygens (including phenoxy) is 1. The molecule has 8 rings (SSSR count). The number of sulfone groups is 1. The van der Waals surface area contributed by atoms with Crippen LogP contribution in [0.4, 0.5) is 22.0 Å². The van der Waals surface area contributed by atoms with E-state index in [1.807, 2.05) is 26.0 Å². The summed E-state index contributed by atoms with van der Waals surface area (Å²) in [6.45, 7) is 1.18. The molecule has 0 amide bonds. The van der Waals surface area contributed by atoms with Crippen molar-refractivity contribution < 1.29 is 53.8 Å². The Morgan fingerprint density at radius 3 is 2.19 bits per heavy atom. The van der Waals surface area contributed by atoms with Crippen LogP contribution in [-0.2, 0) is 33.9 Å². The van der Waals surface area contributed by atoms with Crippen LogP contribution in [0.5, 0.6) is 5.75 Å². The number of likely N-dealkylation sites (tertiary alicyclic amines) is 1. The zero-order valence-corrected chi connectivity index (χ0v) is 32.9. The SMILES string of the molecule is Cc1c(-c2nc3cc(CN4CCC[C@H]4C(=O)O)c(OC(F)F)cc3o2)cccc1-c1cccc(-c2nc3cc(CNC4CC(S(C)(=O)=O)C4)cc(C(F)(F)F)c3o2)c1C. The molecule has 2 N–H and O–H groups in total. The van der Waals surface area contributed by atoms with Gasteiger partial charge in [0.05, 0.1) is 5.25 Å². The highest BCUT2D eigenvalue weighted by molar-refractivity contribution is 7.91. The van der Waals surface area contributed by atoms with Gasteiger partial charge >= 0.3 is 18.8 Å². The second kappa shape index (κ2) is 15.3. The third kappa shape index (κ3) is 8.02. The summed E-state index contributed by atoms with van der Waals surface area (Å²) in [5, 5.41) is 12.4. The Hall–Kier alpha value is -5.39. The third-order valence-electron chi connectivity index (χ3n) is 11.4. The molecule has 1 saturated carbocycles. The van der Waals surface area contributed by atoms with Crippen molar-refractivity contribution in [2.24, 2.45) is 0 Å². The van der Waals surface area contributed by atoms with Crippen LogP contribution in [0.3, 0.4) is 0 Å². The number of carbonyl (C=O) groups is 1. The largest absolute Gasteiger partial charge is 0.480 e. The molecule has 3 heterocycles. The van der Waals surface area contributed by atoms with Crippen LogP contribution >= 0.6 is 0 Å². The van der Waals surface area contributed by atoms with Crippen LogP contribution in [0, 0.1) is 13.8 Å². The van der Waals surface area contributed by atoms with E-state index < -0.39 is 51.0 Å². The van der Waals surface area contributed by atoms with Crippen molar-refractivity contribution in [2.75, 3.05) is 12.8 Å². The molecule has 0 radical (unpaired) electrons. The van der Waals surface area contributed by atoms with Crippen LogP contribution < -0.4 is 10.1 Å². The number of carboxylic acids is 1. The molecule has 4 aromatic carbocycles. The molecule has 2 aromatic heterocycles. The average Bonchev–Trinajstić information content (AvgIpc) is 3.88. The standard InChI is InChI=1S/C42H39F5N4O7S/c1-21-27(7-4-9-29(21)38-49-32-15-24(20-51-12-6-11-34(51)40(52)53)35(57-41(43)44)18-36(32)56-38)28-8-5-10-30(22(28)2)39-50-33-14-23(13-31(37(33)58-39)42(45,46)47)19-48-25-16-26(17-25)59(3,54)55/h4-5,7-10,13-15,18,25-26,34,41,48H,6,11-12,16-17,19-20H2,1-3H3,(H,52,53)/t25?,26?,34-/m0/s1. The van der Waals surface area contributed by atoms with Gasteiger partial charge in [0.15, 0.2) is 11.2 Å². The van der Waals surface area contributed by atoms with Crippen molar-refractivity contribution in [2.45, 2.75) is 82.7 Å². The Balaban J connectivity index is 1.10. The van der Waals surface area contributed by atoms with Crippen LogP contribution in [0.1, 0.15) is 53.5 Å². The molecule has 1 saturated heterocycles. The summed E-state index contributed by atoms with van der Waals surface area (Å²) >= 11 is 0. The van der Waals surface area contributed by atoms with Gasteiger partial charge in [-0.3, -0.25) is 9.69 Å². The maximum absolute atomic E-state index is 14.4. The number of hydrogen-bond acceptors (Lipinski definition) is 10. The van der Waals surface area contributed by atoms with E-state index >= 15 is 0 Å². The number of benzene rings is 4. The summed E-state index contributed by atoms with van der Waals surface area (Å²) in [5.74, 6) is -0.925. The fourth-order valence-electron chi connectivity index (χ4n) is 8.14. The molecule has 1 atom stereocenters. The summed E-state index contributed by atoms with van der Waals surface area (Å²) in [4.78, 5) is 22.7. The number of hydrogen-bond donors (Lipinski definition) is 2. The molecular formula is C42H39F5N4O7S. The normalized spacial score (nSPS) is 18.9. The summed E-state index contributed by atoms with van der Waals surface area (Å²) in [5.41, 5.74) is 3.88. The smallest absolute Gasteiger partial charge is 0.420 e. The maximum atomic E-state index is 14.4. The second-order valence-electron chi connectivity index (χ2n) is 15.3. The Kier molecular flexibility index (Phi) is 10.5. The molecule has 6 aromatic rings. The summed E-state index contributed by atoms with van der Waals surface area (Å²) in [7, 11) is -3.18. The molecule has 0 spiro atoms. The van der Waals surface area contributed by atoms with Gasteiger partial charge in [0, 0.05) is 48.1 Å². The van der Waals surface area contributed by atoms with Gasteiger partial charge in [0.2, 0.25) is 11.8 Å². The Morgan fingerprint density at radius 2 is 1.58 bits per heavy atom. The van der Waals surface area contributed by atoms with Gasteiger partial charge in [-0.1, -0.05) is 24.3 Å². The first-order valence-corrected chi connectivity index (χ1v) is 20.9. The topological polar surface area (TPSA) is 148 Å². The predicted molar refractivity (Wildman–Crippen MR) is 209 cm³/mol. The first-order chi connectivity index (χ1) is 27.9. The van der Waals surface area contributed by atoms with Crippen molar-refractivity contribution >= 4 is 38.0 Å². The Bertz CT molecular complexity index is 2710. The summed E-state index contributed by atoms with van der Waals surface area (Å²) in [6, 6.07) is 15.4. The Morgan fingerprint density at radius 1 is 0.949 bits per heavy atom. The molecule has 310 valence electrons. The molecule has 2 fully saturated rings. The highest BCUT2D eigenvalue weighted by Crippen LogP contribution is 2.42. The lowest BCUT2D eigenvalue weighted by molar-refractivity contribution is -0.142. The van der Waals surface area contributed by atoms with Gasteiger partial charge in [-0.05, 0) is 104 Å². The molecule has 2 aliphatic rings. The number of fused-ring (bicyclic) bond motifs is 2. The Labute approximate surface area is 335 Å². The van der Waals surface area contributed by atoms with Gasteiger partial charge < -0.3 is 24.0 Å². The van der Waals surface area contributed by atoms with E-state index in [-0.39, 0.29) is 47.8 Å². The zero-order chi connectivity index (χ0) is 42.0. The van der Waals surface area contributed by atoms with Crippen molar-refractivity contribution in [3.63, 3.8) is 0 Å². The fraction of sp³-hybridized carbons (Fsp3) is 0.357. The van der Waals surface area contributed by atoms with E-state index in [2.05, 4.69) is 15.3 Å². The number of aromatic nitrogens is 2. The lowest BCUT2D eigenvalue weighted by atomic mass is 9.91. The molecule has 0 bridgehead atoms. The fourth-order valence-corrected chi connectivity index (χ4v) is 9.30. The molecule has 0 unspecified atom stereocenters. The van der Waals surface area contributed by atoms with Crippen LogP contribution in [0.25, 0.3) is 56.2 Å². The van der Waals surface area contributed by atoms with E-state index in [9.17, 15) is 40.3 Å². The lowest BCUT2D eigenvalue weighted by Crippen LogP contribution is -2.47. The van der Waals surface area contributed by atoms with Crippen molar-refractivity contribution in [3.05, 3.63) is 88.5 Å². The zero-order valence-electron chi connectivity index (χ0n) is 32.1. The number of nitrogens with one attached hydrogen (secondary N) is 1. The van der Waals surface area contributed by atoms with Gasteiger partial charge in [-0.25, -0.2) is 18.4 Å². The number of oxazole rings is 2. The van der Waals surface area contributed by atoms with E-state index in [0.29, 0.717) is 65.6 Å². The van der Waals surface area contributed by atoms with Gasteiger partial charge in [0.25, 0.3) is 0 Å². The quantitative estimate of drug-likeness (QED) is 0.114. The highest BCUT2D eigenvalue weighted by Gasteiger charge is 2.38. The molecule has 11 nitrogen and oxygen atoms in total. The number of carboxylic acid groups (broad SMARTS) is 1. The minimum atomic E-state index is -4.74.